The molecule has 0 radical (unpaired) electrons. The molecule has 0 fully saturated rings. The zero-order valence-corrected chi connectivity index (χ0v) is 11.9. The first-order valence-electron chi connectivity index (χ1n) is 6.42. The highest BCUT2D eigenvalue weighted by Crippen LogP contribution is 2.27. The molecule has 0 aliphatic carbocycles. The second-order valence-electron chi connectivity index (χ2n) is 4.18. The van der Waals surface area contributed by atoms with Gasteiger partial charge in [-0.05, 0) is 19.1 Å². The Kier molecular flexibility index (Phi) is 4.46. The third kappa shape index (κ3) is 3.34. The van der Waals surface area contributed by atoms with Crippen molar-refractivity contribution in [1.29, 1.82) is 5.26 Å². The molecular formula is C15H16N4O2. The number of nitrogen functional groups attached to an aromatic ring is 1. The maximum atomic E-state index is 9.09. The molecule has 0 aliphatic rings. The zero-order valence-electron chi connectivity index (χ0n) is 11.9. The van der Waals surface area contributed by atoms with Crippen molar-refractivity contribution in [2.75, 3.05) is 24.8 Å². The normalized spacial score (nSPS) is 9.76. The van der Waals surface area contributed by atoms with Crippen molar-refractivity contribution in [1.82, 2.24) is 4.98 Å². The number of nitriles is 1. The van der Waals surface area contributed by atoms with Crippen LogP contribution in [0.4, 0.5) is 17.2 Å². The Labute approximate surface area is 123 Å². The molecule has 108 valence electrons. The van der Waals surface area contributed by atoms with Crippen molar-refractivity contribution < 1.29 is 9.47 Å². The molecule has 2 rings (SSSR count). The molecule has 0 unspecified atom stereocenters. The van der Waals surface area contributed by atoms with Crippen LogP contribution < -0.4 is 20.5 Å². The van der Waals surface area contributed by atoms with Crippen LogP contribution in [0.25, 0.3) is 0 Å². The van der Waals surface area contributed by atoms with Crippen molar-refractivity contribution in [3.8, 4) is 17.7 Å². The summed E-state index contributed by atoms with van der Waals surface area (Å²) in [6.07, 6.45) is 0. The smallest absolute Gasteiger partial charge is 0.235 e. The molecule has 0 bridgehead atoms. The number of methoxy groups -OCH3 is 1. The summed E-state index contributed by atoms with van der Waals surface area (Å²) in [5.41, 5.74) is 7.23. The van der Waals surface area contributed by atoms with Crippen LogP contribution in [0.2, 0.25) is 0 Å². The highest BCUT2D eigenvalue weighted by Gasteiger charge is 2.12. The summed E-state index contributed by atoms with van der Waals surface area (Å²) in [7, 11) is 1.60. The second kappa shape index (κ2) is 6.48. The van der Waals surface area contributed by atoms with Gasteiger partial charge in [-0.1, -0.05) is 6.07 Å². The number of hydrogen-bond acceptors (Lipinski definition) is 6. The molecule has 2 aromatic rings. The predicted molar refractivity (Wildman–Crippen MR) is 80.8 cm³/mol. The number of pyridine rings is 1. The van der Waals surface area contributed by atoms with E-state index in [4.69, 9.17) is 20.5 Å². The van der Waals surface area contributed by atoms with Crippen molar-refractivity contribution >= 4 is 17.2 Å². The first-order chi connectivity index (χ1) is 10.2. The first kappa shape index (κ1) is 14.5. The Morgan fingerprint density at radius 2 is 2.19 bits per heavy atom. The molecule has 0 amide bonds. The highest BCUT2D eigenvalue weighted by molar-refractivity contribution is 5.68. The molecular weight excluding hydrogens is 268 g/mol. The van der Waals surface area contributed by atoms with Gasteiger partial charge in [0.1, 0.15) is 23.2 Å². The Bertz CT molecular complexity index is 680. The Morgan fingerprint density at radius 3 is 2.86 bits per heavy atom. The molecule has 0 atom stereocenters. The van der Waals surface area contributed by atoms with Gasteiger partial charge in [0.15, 0.2) is 0 Å². The lowest BCUT2D eigenvalue weighted by Gasteiger charge is -2.11. The molecule has 6 nitrogen and oxygen atoms in total. The fourth-order valence-corrected chi connectivity index (χ4v) is 1.81. The number of rotatable bonds is 5. The molecule has 3 N–H and O–H groups in total. The third-order valence-corrected chi connectivity index (χ3v) is 2.75. The number of hydrogen-bond donors (Lipinski definition) is 2. The van der Waals surface area contributed by atoms with E-state index in [0.717, 1.165) is 11.4 Å². The molecule has 0 saturated carbocycles. The quantitative estimate of drug-likeness (QED) is 0.876. The van der Waals surface area contributed by atoms with Crippen molar-refractivity contribution in [3.05, 3.63) is 35.9 Å². The summed E-state index contributed by atoms with van der Waals surface area (Å²) in [4.78, 5) is 4.27. The number of anilines is 3. The maximum Gasteiger partial charge on any atom is 0.235 e. The van der Waals surface area contributed by atoms with E-state index in [-0.39, 0.29) is 11.4 Å². The van der Waals surface area contributed by atoms with E-state index in [1.165, 1.54) is 0 Å². The number of nitrogens with zero attached hydrogens (tertiary/aromatic N) is 2. The summed E-state index contributed by atoms with van der Waals surface area (Å²) in [5.74, 6) is 1.46. The van der Waals surface area contributed by atoms with Crippen LogP contribution in [-0.2, 0) is 0 Å². The number of aromatic nitrogens is 1. The van der Waals surface area contributed by atoms with Gasteiger partial charge in [-0.25, -0.2) is 0 Å². The summed E-state index contributed by atoms with van der Waals surface area (Å²) < 4.78 is 10.5. The van der Waals surface area contributed by atoms with E-state index in [0.29, 0.717) is 18.1 Å². The monoisotopic (exact) mass is 284 g/mol. The summed E-state index contributed by atoms with van der Waals surface area (Å²) in [6.45, 7) is 2.23. The first-order valence-corrected chi connectivity index (χ1v) is 6.42. The van der Waals surface area contributed by atoms with Crippen LogP contribution in [-0.4, -0.2) is 18.7 Å². The van der Waals surface area contributed by atoms with Gasteiger partial charge in [-0.2, -0.15) is 10.2 Å². The largest absolute Gasteiger partial charge is 0.497 e. The van der Waals surface area contributed by atoms with Gasteiger partial charge in [0.05, 0.1) is 19.4 Å². The molecule has 1 aromatic heterocycles. The summed E-state index contributed by atoms with van der Waals surface area (Å²) >= 11 is 0. The molecule has 1 heterocycles. The van der Waals surface area contributed by atoms with Crippen LogP contribution in [0.3, 0.4) is 0 Å². The second-order valence-corrected chi connectivity index (χ2v) is 4.18. The molecule has 0 saturated heterocycles. The average molecular weight is 284 g/mol. The number of nitrogens with two attached hydrogens (primary N) is 1. The highest BCUT2D eigenvalue weighted by atomic mass is 16.5. The number of nitrogens with one attached hydrogen (secondary N) is 1. The fourth-order valence-electron chi connectivity index (χ4n) is 1.81. The standard InChI is InChI=1S/C15H16N4O2/c1-3-21-15-12(9-16)13(17)8-14(19-15)18-10-5-4-6-11(7-10)20-2/h4-8H,3H2,1-2H3,(H3,17,18,19). The lowest BCUT2D eigenvalue weighted by Crippen LogP contribution is -2.04. The number of ether oxygens (including phenoxy) is 2. The van der Waals surface area contributed by atoms with Gasteiger partial charge in [-0.15, -0.1) is 0 Å². The van der Waals surface area contributed by atoms with E-state index in [1.807, 2.05) is 37.3 Å². The average Bonchev–Trinajstić information content (AvgIpc) is 2.47. The van der Waals surface area contributed by atoms with E-state index in [2.05, 4.69) is 10.3 Å². The molecule has 0 aliphatic heterocycles. The van der Waals surface area contributed by atoms with Gasteiger partial charge in [0, 0.05) is 17.8 Å². The van der Waals surface area contributed by atoms with Crippen LogP contribution >= 0.6 is 0 Å². The van der Waals surface area contributed by atoms with Gasteiger partial charge in [0.2, 0.25) is 5.88 Å². The van der Waals surface area contributed by atoms with Crippen LogP contribution in [0, 0.1) is 11.3 Å². The maximum absolute atomic E-state index is 9.09. The Morgan fingerprint density at radius 1 is 1.38 bits per heavy atom. The predicted octanol–water partition coefficient (Wildman–Crippen LogP) is 2.69. The van der Waals surface area contributed by atoms with E-state index in [1.54, 1.807) is 13.2 Å². The van der Waals surface area contributed by atoms with E-state index < -0.39 is 0 Å². The fraction of sp³-hybridized carbons (Fsp3) is 0.200. The molecule has 21 heavy (non-hydrogen) atoms. The summed E-state index contributed by atoms with van der Waals surface area (Å²) in [6, 6.07) is 11.0. The number of benzene rings is 1. The third-order valence-electron chi connectivity index (χ3n) is 2.75. The van der Waals surface area contributed by atoms with E-state index in [9.17, 15) is 0 Å². The van der Waals surface area contributed by atoms with Crippen LogP contribution in [0.5, 0.6) is 11.6 Å². The van der Waals surface area contributed by atoms with Crippen LogP contribution in [0.1, 0.15) is 12.5 Å². The Hall–Kier alpha value is -2.94. The van der Waals surface area contributed by atoms with Gasteiger partial charge in [0.25, 0.3) is 0 Å². The zero-order chi connectivity index (χ0) is 15.2. The van der Waals surface area contributed by atoms with E-state index >= 15 is 0 Å². The minimum Gasteiger partial charge on any atom is -0.497 e. The van der Waals surface area contributed by atoms with Gasteiger partial charge in [-0.3, -0.25) is 0 Å². The van der Waals surface area contributed by atoms with Crippen molar-refractivity contribution in [2.45, 2.75) is 6.92 Å². The van der Waals surface area contributed by atoms with Gasteiger partial charge < -0.3 is 20.5 Å². The van der Waals surface area contributed by atoms with Gasteiger partial charge >= 0.3 is 0 Å². The molecule has 1 aromatic carbocycles. The minimum absolute atomic E-state index is 0.227. The molecule has 0 spiro atoms. The summed E-state index contributed by atoms with van der Waals surface area (Å²) in [5, 5.41) is 12.2. The Balaban J connectivity index is 2.34. The van der Waals surface area contributed by atoms with Crippen molar-refractivity contribution in [3.63, 3.8) is 0 Å². The lowest BCUT2D eigenvalue weighted by molar-refractivity contribution is 0.326. The minimum atomic E-state index is 0.227. The lowest BCUT2D eigenvalue weighted by atomic mass is 10.2. The van der Waals surface area contributed by atoms with Crippen molar-refractivity contribution in [2.24, 2.45) is 0 Å². The van der Waals surface area contributed by atoms with Crippen LogP contribution in [0.15, 0.2) is 30.3 Å². The SMILES string of the molecule is CCOc1nc(Nc2cccc(OC)c2)cc(N)c1C#N. The molecule has 6 heteroatoms. The topological polar surface area (TPSA) is 93.2 Å².